The minimum atomic E-state index is -0.853. The van der Waals surface area contributed by atoms with Crippen LogP contribution in [0, 0.1) is 11.3 Å². The molecule has 2 rings (SSSR count). The maximum absolute atomic E-state index is 11.4. The zero-order chi connectivity index (χ0) is 14.9. The summed E-state index contributed by atoms with van der Waals surface area (Å²) < 4.78 is 0. The molecule has 0 aliphatic heterocycles. The lowest BCUT2D eigenvalue weighted by Gasteiger charge is -2.37. The van der Waals surface area contributed by atoms with E-state index in [1.54, 1.807) is 0 Å². The predicted molar refractivity (Wildman–Crippen MR) is 80.2 cm³/mol. The molecule has 1 aromatic rings. The minimum Gasteiger partial charge on any atom is -0.478 e. The lowest BCUT2D eigenvalue weighted by atomic mass is 9.69. The van der Waals surface area contributed by atoms with E-state index in [0.29, 0.717) is 23.3 Å². The first-order chi connectivity index (χ1) is 9.39. The zero-order valence-electron chi connectivity index (χ0n) is 13.0. The van der Waals surface area contributed by atoms with Crippen molar-refractivity contribution < 1.29 is 9.90 Å². The molecule has 0 saturated heterocycles. The number of pyridine rings is 1. The van der Waals surface area contributed by atoms with Crippen molar-refractivity contribution >= 4 is 5.97 Å². The molecule has 1 aromatic heterocycles. The van der Waals surface area contributed by atoms with Gasteiger partial charge in [-0.2, -0.15) is 0 Å². The maximum Gasteiger partial charge on any atom is 0.337 e. The van der Waals surface area contributed by atoms with Crippen molar-refractivity contribution in [3.63, 3.8) is 0 Å². The highest BCUT2D eigenvalue weighted by Crippen LogP contribution is 2.39. The highest BCUT2D eigenvalue weighted by Gasteiger charge is 2.32. The number of aryl methyl sites for hydroxylation is 2. The van der Waals surface area contributed by atoms with Crippen LogP contribution < -0.4 is 0 Å². The maximum atomic E-state index is 11.4. The van der Waals surface area contributed by atoms with Crippen LogP contribution in [0.15, 0.2) is 6.07 Å². The average molecular weight is 275 g/mol. The van der Waals surface area contributed by atoms with Crippen LogP contribution in [0.4, 0.5) is 0 Å². The van der Waals surface area contributed by atoms with Crippen LogP contribution in [0.25, 0.3) is 0 Å². The van der Waals surface area contributed by atoms with Crippen molar-refractivity contribution in [1.82, 2.24) is 4.98 Å². The lowest BCUT2D eigenvalue weighted by Crippen LogP contribution is -2.30. The van der Waals surface area contributed by atoms with Crippen LogP contribution in [-0.4, -0.2) is 16.1 Å². The van der Waals surface area contributed by atoms with Gasteiger partial charge in [-0.25, -0.2) is 4.79 Å². The monoisotopic (exact) mass is 275 g/mol. The molecule has 0 aromatic carbocycles. The lowest BCUT2D eigenvalue weighted by molar-refractivity contribution is 0.0694. The predicted octanol–water partition coefficient (Wildman–Crippen LogP) is 3.88. The second-order valence-corrected chi connectivity index (χ2v) is 6.53. The van der Waals surface area contributed by atoms with Gasteiger partial charge in [0.05, 0.1) is 11.3 Å². The Kier molecular flexibility index (Phi) is 4.17. The number of aromatic carboxylic acids is 1. The quantitative estimate of drug-likeness (QED) is 0.907. The van der Waals surface area contributed by atoms with Crippen molar-refractivity contribution in [2.24, 2.45) is 11.3 Å². The van der Waals surface area contributed by atoms with Gasteiger partial charge in [-0.3, -0.25) is 4.98 Å². The van der Waals surface area contributed by atoms with Crippen molar-refractivity contribution in [1.29, 1.82) is 0 Å². The van der Waals surface area contributed by atoms with Gasteiger partial charge in [-0.05, 0) is 48.6 Å². The van der Waals surface area contributed by atoms with Gasteiger partial charge in [-0.1, -0.05) is 34.1 Å². The van der Waals surface area contributed by atoms with Crippen LogP contribution in [0.5, 0.6) is 0 Å². The molecule has 1 aliphatic carbocycles. The topological polar surface area (TPSA) is 50.2 Å². The normalized spacial score (nSPS) is 18.7. The van der Waals surface area contributed by atoms with Gasteiger partial charge < -0.3 is 5.11 Å². The average Bonchev–Trinajstić information content (AvgIpc) is 2.44. The first-order valence-corrected chi connectivity index (χ1v) is 7.64. The molecule has 1 heterocycles. The van der Waals surface area contributed by atoms with Gasteiger partial charge in [0, 0.05) is 5.69 Å². The molecule has 1 atom stereocenters. The molecule has 1 N–H and O–H groups in total. The summed E-state index contributed by atoms with van der Waals surface area (Å²) in [5.74, 6) is -0.232. The van der Waals surface area contributed by atoms with Gasteiger partial charge in [0.15, 0.2) is 0 Å². The number of carbonyl (C=O) groups is 1. The second-order valence-electron chi connectivity index (χ2n) is 6.53. The fourth-order valence-corrected chi connectivity index (χ4v) is 3.12. The van der Waals surface area contributed by atoms with Crippen molar-refractivity contribution in [2.45, 2.75) is 59.8 Å². The number of carboxylic acid groups (broad SMARTS) is 1. The van der Waals surface area contributed by atoms with E-state index in [0.717, 1.165) is 42.6 Å². The van der Waals surface area contributed by atoms with E-state index >= 15 is 0 Å². The Bertz CT molecular complexity index is 520. The molecule has 110 valence electrons. The third-order valence-electron chi connectivity index (χ3n) is 5.05. The van der Waals surface area contributed by atoms with Gasteiger partial charge in [0.2, 0.25) is 0 Å². The SMILES string of the molecule is CCc1nc2c(cc1C(=O)O)CC(C(C)(C)CC)CC2. The molecule has 0 amide bonds. The Balaban J connectivity index is 2.37. The van der Waals surface area contributed by atoms with Crippen LogP contribution >= 0.6 is 0 Å². The summed E-state index contributed by atoms with van der Waals surface area (Å²) in [6.45, 7) is 8.83. The fourth-order valence-electron chi connectivity index (χ4n) is 3.12. The van der Waals surface area contributed by atoms with E-state index in [2.05, 4.69) is 25.8 Å². The largest absolute Gasteiger partial charge is 0.478 e. The van der Waals surface area contributed by atoms with E-state index in [-0.39, 0.29) is 0 Å². The number of fused-ring (bicyclic) bond motifs is 1. The smallest absolute Gasteiger partial charge is 0.337 e. The van der Waals surface area contributed by atoms with Gasteiger partial charge in [0.1, 0.15) is 0 Å². The van der Waals surface area contributed by atoms with E-state index in [1.165, 1.54) is 0 Å². The summed E-state index contributed by atoms with van der Waals surface area (Å²) in [5.41, 5.74) is 3.70. The van der Waals surface area contributed by atoms with Crippen LogP contribution in [0.2, 0.25) is 0 Å². The molecule has 0 radical (unpaired) electrons. The Morgan fingerprint density at radius 3 is 2.70 bits per heavy atom. The molecule has 1 aliphatic rings. The molecule has 0 spiro atoms. The summed E-state index contributed by atoms with van der Waals surface area (Å²) in [6.07, 6.45) is 4.94. The van der Waals surface area contributed by atoms with Crippen LogP contribution in [0.3, 0.4) is 0 Å². The molecule has 3 heteroatoms. The Hall–Kier alpha value is -1.38. The van der Waals surface area contributed by atoms with Crippen molar-refractivity contribution in [2.75, 3.05) is 0 Å². The Labute approximate surface area is 121 Å². The molecule has 3 nitrogen and oxygen atoms in total. The summed E-state index contributed by atoms with van der Waals surface area (Å²) in [6, 6.07) is 1.88. The zero-order valence-corrected chi connectivity index (χ0v) is 13.0. The molecule has 0 bridgehead atoms. The number of hydrogen-bond donors (Lipinski definition) is 1. The van der Waals surface area contributed by atoms with Crippen molar-refractivity contribution in [3.8, 4) is 0 Å². The van der Waals surface area contributed by atoms with Crippen LogP contribution in [0.1, 0.15) is 67.8 Å². The van der Waals surface area contributed by atoms with Crippen molar-refractivity contribution in [3.05, 3.63) is 28.6 Å². The Morgan fingerprint density at radius 2 is 2.15 bits per heavy atom. The first-order valence-electron chi connectivity index (χ1n) is 7.64. The molecular weight excluding hydrogens is 250 g/mol. The summed E-state index contributed by atoms with van der Waals surface area (Å²) >= 11 is 0. The van der Waals surface area contributed by atoms with Crippen LogP contribution in [-0.2, 0) is 19.3 Å². The highest BCUT2D eigenvalue weighted by molar-refractivity contribution is 5.89. The summed E-state index contributed by atoms with van der Waals surface area (Å²) in [5, 5.41) is 9.33. The number of rotatable bonds is 4. The third-order valence-corrected chi connectivity index (χ3v) is 5.05. The number of nitrogens with zero attached hydrogens (tertiary/aromatic N) is 1. The number of hydrogen-bond acceptors (Lipinski definition) is 2. The van der Waals surface area contributed by atoms with Gasteiger partial charge in [-0.15, -0.1) is 0 Å². The molecule has 1 unspecified atom stereocenters. The number of carboxylic acids is 1. The van der Waals surface area contributed by atoms with E-state index in [4.69, 9.17) is 0 Å². The molecule has 0 fully saturated rings. The summed E-state index contributed by atoms with van der Waals surface area (Å²) in [7, 11) is 0. The number of aromatic nitrogens is 1. The standard InChI is InChI=1S/C17H25NO2/c1-5-14-13(16(19)20)10-11-9-12(17(3,4)6-2)7-8-15(11)18-14/h10,12H,5-9H2,1-4H3,(H,19,20). The van der Waals surface area contributed by atoms with E-state index in [9.17, 15) is 9.90 Å². The van der Waals surface area contributed by atoms with E-state index < -0.39 is 5.97 Å². The Morgan fingerprint density at radius 1 is 1.45 bits per heavy atom. The van der Waals surface area contributed by atoms with Gasteiger partial charge in [0.25, 0.3) is 0 Å². The molecule has 20 heavy (non-hydrogen) atoms. The second kappa shape index (κ2) is 5.55. The first kappa shape index (κ1) is 15.0. The fraction of sp³-hybridized carbons (Fsp3) is 0.647. The minimum absolute atomic E-state index is 0.310. The van der Waals surface area contributed by atoms with E-state index in [1.807, 2.05) is 13.0 Å². The summed E-state index contributed by atoms with van der Waals surface area (Å²) in [4.78, 5) is 16.0. The highest BCUT2D eigenvalue weighted by atomic mass is 16.4. The van der Waals surface area contributed by atoms with Gasteiger partial charge >= 0.3 is 5.97 Å². The molecule has 0 saturated carbocycles. The molecular formula is C17H25NO2. The third kappa shape index (κ3) is 2.72.